The van der Waals surface area contributed by atoms with Crippen LogP contribution in [0.15, 0.2) is 22.7 Å². The largest absolute Gasteiger partial charge is 0.363 e. The first kappa shape index (κ1) is 1.97. The van der Waals surface area contributed by atoms with E-state index in [1.807, 2.05) is 0 Å². The summed E-state index contributed by atoms with van der Waals surface area (Å²) in [5.74, 6) is -0.687. The molecule has 0 aliphatic heterocycles. The summed E-state index contributed by atoms with van der Waals surface area (Å²) in [7, 11) is 0. The van der Waals surface area contributed by atoms with Crippen molar-refractivity contribution in [2.75, 3.05) is 18.9 Å². The van der Waals surface area contributed by atoms with Crippen molar-refractivity contribution in [3.8, 4) is 0 Å². The number of hydrogen-bond acceptors (Lipinski definition) is 2. The van der Waals surface area contributed by atoms with E-state index >= 15 is 0 Å². The van der Waals surface area contributed by atoms with Crippen LogP contribution < -0.4 is 4.90 Å². The topological polar surface area (TPSA) is 16.1 Å². The summed E-state index contributed by atoms with van der Waals surface area (Å²) in [5, 5.41) is 0. The molecule has 0 radical (unpaired) electrons. The first-order valence-corrected chi connectivity index (χ1v) is 3.10. The minimum atomic E-state index is -3.05. The smallest absolute Gasteiger partial charge is 0.129 e. The van der Waals surface area contributed by atoms with Crippen LogP contribution in [0.1, 0.15) is 12.3 Å². The molecular weight excluding hydrogens is 192 g/mol. The third-order valence-electron chi connectivity index (χ3n) is 0.756. The number of halogens is 1. The second-order valence-electron chi connectivity index (χ2n) is 1.44. The molecule has 1 rings (SSSR count). The van der Waals surface area contributed by atoms with Gasteiger partial charge in [-0.15, -0.1) is 0 Å². The first-order chi connectivity index (χ1) is 8.37. The van der Waals surface area contributed by atoms with E-state index in [0.29, 0.717) is 0 Å². The van der Waals surface area contributed by atoms with Gasteiger partial charge < -0.3 is 4.90 Å². The van der Waals surface area contributed by atoms with Gasteiger partial charge in [0.05, 0.1) is 4.11 Å². The number of anilines is 1. The van der Waals surface area contributed by atoms with Crippen LogP contribution in [0, 0.1) is 0 Å². The van der Waals surface area contributed by atoms with Crippen LogP contribution >= 0.6 is 15.9 Å². The van der Waals surface area contributed by atoms with Gasteiger partial charge in [-0.1, -0.05) is 6.04 Å². The molecule has 0 aliphatic rings. The molecule has 3 heteroatoms. The molecule has 0 amide bonds. The van der Waals surface area contributed by atoms with E-state index in [1.54, 1.807) is 0 Å². The number of pyridine rings is 1. The fraction of sp³-hybridized carbons (Fsp3) is 0.286. The lowest BCUT2D eigenvalue weighted by Gasteiger charge is -2.09. The van der Waals surface area contributed by atoms with Gasteiger partial charge in [-0.25, -0.2) is 4.98 Å². The Morgan fingerprint density at radius 2 is 2.50 bits per heavy atom. The summed E-state index contributed by atoms with van der Waals surface area (Å²) in [5.41, 5.74) is 0. The zero-order chi connectivity index (χ0) is 15.2. The fourth-order valence-electron chi connectivity index (χ4n) is 0.394. The van der Waals surface area contributed by atoms with Gasteiger partial charge in [0, 0.05) is 22.2 Å². The van der Waals surface area contributed by atoms with Crippen molar-refractivity contribution in [3.63, 3.8) is 0 Å². The van der Waals surface area contributed by atoms with Crippen LogP contribution in [0.3, 0.4) is 0 Å². The van der Waals surface area contributed by atoms with Gasteiger partial charge >= 0.3 is 0 Å². The molecule has 1 heterocycles. The molecule has 2 nitrogen and oxygen atoms in total. The van der Waals surface area contributed by atoms with Gasteiger partial charge in [0.15, 0.2) is 0 Å². The Hall–Kier alpha value is -0.570. The predicted molar refractivity (Wildman–Crippen MR) is 46.3 cm³/mol. The molecule has 0 atom stereocenters. The Morgan fingerprint density at radius 3 is 3.20 bits per heavy atom. The van der Waals surface area contributed by atoms with Crippen molar-refractivity contribution >= 4 is 21.7 Å². The second kappa shape index (κ2) is 3.01. The van der Waals surface area contributed by atoms with Gasteiger partial charge in [0.1, 0.15) is 10.4 Å². The molecular formula is C7H9BrN2. The highest BCUT2D eigenvalue weighted by atomic mass is 79.9. The summed E-state index contributed by atoms with van der Waals surface area (Å²) in [6.07, 6.45) is 0. The van der Waals surface area contributed by atoms with Crippen LogP contribution in [-0.2, 0) is 0 Å². The average Bonchev–Trinajstić information content (AvgIpc) is 2.19. The van der Waals surface area contributed by atoms with Crippen LogP contribution in [0.25, 0.3) is 0 Å². The van der Waals surface area contributed by atoms with Crippen molar-refractivity contribution in [1.29, 1.82) is 0 Å². The minimum Gasteiger partial charge on any atom is -0.363 e. The number of aromatic nitrogens is 1. The maximum Gasteiger partial charge on any atom is 0.129 e. The normalized spacial score (nSPS) is 25.1. The van der Waals surface area contributed by atoms with Gasteiger partial charge in [-0.05, 0) is 28.0 Å². The average molecular weight is 210 g/mol. The van der Waals surface area contributed by atoms with Crippen molar-refractivity contribution in [1.82, 2.24) is 4.98 Å². The number of nitrogens with zero attached hydrogens (tertiary/aromatic N) is 2. The van der Waals surface area contributed by atoms with Crippen LogP contribution in [0.5, 0.6) is 0 Å². The van der Waals surface area contributed by atoms with E-state index in [0.717, 1.165) is 0 Å². The van der Waals surface area contributed by atoms with E-state index < -0.39 is 37.9 Å². The fourth-order valence-corrected chi connectivity index (χ4v) is 0.661. The summed E-state index contributed by atoms with van der Waals surface area (Å²) < 4.78 is 65.7. The van der Waals surface area contributed by atoms with Gasteiger partial charge in [0.2, 0.25) is 0 Å². The molecule has 0 saturated carbocycles. The van der Waals surface area contributed by atoms with Crippen molar-refractivity contribution in [2.24, 2.45) is 0 Å². The third kappa shape index (κ3) is 1.70. The Kier molecular flexibility index (Phi) is 0.594. The second-order valence-corrected chi connectivity index (χ2v) is 2.19. The molecule has 0 fully saturated rings. The molecule has 10 heavy (non-hydrogen) atoms. The maximum absolute atomic E-state index is 7.59. The molecule has 0 aliphatic carbocycles. The molecule has 0 spiro atoms. The molecule has 54 valence electrons. The molecule has 0 aromatic carbocycles. The molecule has 0 saturated heterocycles. The standard InChI is InChI=1S/C7H9BrN2/c1-10(2)7-5-3-4-6(8)9-7/h3-5H,1-2H3/i1D3,2D3,3D,4D,5D. The van der Waals surface area contributed by atoms with Crippen molar-refractivity contribution in [3.05, 3.63) is 22.7 Å². The Labute approximate surface area is 81.7 Å². The van der Waals surface area contributed by atoms with E-state index in [-0.39, 0.29) is 9.50 Å². The predicted octanol–water partition coefficient (Wildman–Crippen LogP) is 1.91. The Bertz CT molecular complexity index is 481. The van der Waals surface area contributed by atoms with E-state index in [2.05, 4.69) is 20.9 Å². The Balaban J connectivity index is 3.58. The van der Waals surface area contributed by atoms with Crippen LogP contribution in [-0.4, -0.2) is 18.9 Å². The lowest BCUT2D eigenvalue weighted by atomic mass is 10.4. The minimum absolute atomic E-state index is 0.0184. The highest BCUT2D eigenvalue weighted by Gasteiger charge is 1.94. The highest BCUT2D eigenvalue weighted by molar-refractivity contribution is 9.10. The molecule has 0 N–H and O–H groups in total. The summed E-state index contributed by atoms with van der Waals surface area (Å²) >= 11 is 2.84. The Morgan fingerprint density at radius 1 is 1.70 bits per heavy atom. The molecule has 0 unspecified atom stereocenters. The van der Waals surface area contributed by atoms with E-state index in [1.165, 1.54) is 0 Å². The maximum atomic E-state index is 7.59. The first-order valence-electron chi connectivity index (χ1n) is 6.81. The van der Waals surface area contributed by atoms with Crippen molar-refractivity contribution in [2.45, 2.75) is 0 Å². The third-order valence-corrected chi connectivity index (χ3v) is 1.13. The van der Waals surface area contributed by atoms with Crippen LogP contribution in [0.4, 0.5) is 5.82 Å². The summed E-state index contributed by atoms with van der Waals surface area (Å²) in [6.45, 7) is -6.10. The van der Waals surface area contributed by atoms with E-state index in [9.17, 15) is 0 Å². The molecule has 1 aromatic heterocycles. The van der Waals surface area contributed by atoms with E-state index in [4.69, 9.17) is 12.3 Å². The molecule has 1 aromatic rings. The zero-order valence-corrected chi connectivity index (χ0v) is 6.36. The zero-order valence-electron chi connectivity index (χ0n) is 13.8. The summed E-state index contributed by atoms with van der Waals surface area (Å²) in [6, 6.07) is -1.74. The van der Waals surface area contributed by atoms with Gasteiger partial charge in [-0.3, -0.25) is 0 Å². The van der Waals surface area contributed by atoms with Crippen LogP contribution in [0.2, 0.25) is 0 Å². The van der Waals surface area contributed by atoms with Gasteiger partial charge in [-0.2, -0.15) is 0 Å². The van der Waals surface area contributed by atoms with Crippen molar-refractivity contribution < 1.29 is 12.3 Å². The van der Waals surface area contributed by atoms with Gasteiger partial charge in [0.25, 0.3) is 0 Å². The lowest BCUT2D eigenvalue weighted by Crippen LogP contribution is -2.10. The SMILES string of the molecule is [2H]c1c(Br)nc(N(C([2H])([2H])[2H])C([2H])([2H])[2H])c([2H])c1[2H]. The monoisotopic (exact) mass is 209 g/mol. The summed E-state index contributed by atoms with van der Waals surface area (Å²) in [4.78, 5) is 3.61. The number of hydrogen-bond donors (Lipinski definition) is 0. The lowest BCUT2D eigenvalue weighted by molar-refractivity contribution is 1.06. The highest BCUT2D eigenvalue weighted by Crippen LogP contribution is 2.11. The number of rotatable bonds is 1. The quantitative estimate of drug-likeness (QED) is 0.658. The molecule has 0 bridgehead atoms.